The average Bonchev–Trinajstić information content (AvgIpc) is 3.17. The summed E-state index contributed by atoms with van der Waals surface area (Å²) in [5.74, 6) is 0.946. The standard InChI is InChI=1S/C22H24O3Si/c1-22-15-8-6-13-14(7-9-16(13)23)18(15)20(24)21-19(22)12(11-25-21)5-10-17(22)26(2,3)4/h5-6,8,10,12,17H,7,9,11H2,1-4H3/t12-,17-,22-/m0/s1. The normalized spacial score (nSPS) is 31.7. The van der Waals surface area contributed by atoms with Crippen LogP contribution in [-0.4, -0.2) is 26.2 Å². The number of ether oxygens (including phenoxy) is 1. The van der Waals surface area contributed by atoms with Gasteiger partial charge in [-0.3, -0.25) is 9.59 Å². The lowest BCUT2D eigenvalue weighted by Crippen LogP contribution is -2.48. The quantitative estimate of drug-likeness (QED) is 0.546. The van der Waals surface area contributed by atoms with Crippen LogP contribution in [0.25, 0.3) is 0 Å². The maximum atomic E-state index is 13.4. The van der Waals surface area contributed by atoms with Crippen LogP contribution in [0, 0.1) is 5.92 Å². The fourth-order valence-electron chi connectivity index (χ4n) is 5.88. The van der Waals surface area contributed by atoms with Crippen molar-refractivity contribution in [2.75, 3.05) is 6.61 Å². The van der Waals surface area contributed by atoms with E-state index in [1.54, 1.807) is 0 Å². The highest BCUT2D eigenvalue weighted by Gasteiger charge is 2.56. The van der Waals surface area contributed by atoms with Gasteiger partial charge in [0.1, 0.15) is 0 Å². The third-order valence-electron chi connectivity index (χ3n) is 6.88. The molecule has 0 amide bonds. The van der Waals surface area contributed by atoms with E-state index < -0.39 is 8.07 Å². The smallest absolute Gasteiger partial charge is 0.228 e. The molecule has 3 atom stereocenters. The van der Waals surface area contributed by atoms with Gasteiger partial charge in [0, 0.05) is 28.9 Å². The predicted octanol–water partition coefficient (Wildman–Crippen LogP) is 4.45. The Hall–Kier alpha value is -1.94. The maximum absolute atomic E-state index is 13.4. The zero-order chi connectivity index (χ0) is 18.4. The third kappa shape index (κ3) is 1.78. The predicted molar refractivity (Wildman–Crippen MR) is 103 cm³/mol. The van der Waals surface area contributed by atoms with Gasteiger partial charge in [-0.25, -0.2) is 0 Å². The van der Waals surface area contributed by atoms with Crippen molar-refractivity contribution in [1.29, 1.82) is 0 Å². The second-order valence-corrected chi connectivity index (χ2v) is 14.7. The maximum Gasteiger partial charge on any atom is 0.228 e. The zero-order valence-corrected chi connectivity index (χ0v) is 16.8. The molecule has 0 N–H and O–H groups in total. The van der Waals surface area contributed by atoms with E-state index in [2.05, 4.69) is 44.8 Å². The van der Waals surface area contributed by atoms with Crippen LogP contribution in [0.15, 0.2) is 35.6 Å². The van der Waals surface area contributed by atoms with E-state index >= 15 is 0 Å². The summed E-state index contributed by atoms with van der Waals surface area (Å²) in [6.45, 7) is 10.1. The van der Waals surface area contributed by atoms with Crippen molar-refractivity contribution in [1.82, 2.24) is 0 Å². The van der Waals surface area contributed by atoms with Gasteiger partial charge in [-0.2, -0.15) is 0 Å². The van der Waals surface area contributed by atoms with E-state index in [1.165, 1.54) is 5.57 Å². The van der Waals surface area contributed by atoms with Crippen molar-refractivity contribution in [2.45, 2.75) is 50.4 Å². The largest absolute Gasteiger partial charge is 0.488 e. The first-order valence-corrected chi connectivity index (χ1v) is 13.1. The van der Waals surface area contributed by atoms with E-state index in [9.17, 15) is 9.59 Å². The molecule has 1 heterocycles. The van der Waals surface area contributed by atoms with Crippen LogP contribution in [0.3, 0.4) is 0 Å². The molecule has 0 fully saturated rings. The van der Waals surface area contributed by atoms with Crippen LogP contribution in [0.4, 0.5) is 0 Å². The van der Waals surface area contributed by atoms with Crippen LogP contribution in [-0.2, 0) is 16.6 Å². The lowest BCUT2D eigenvalue weighted by atomic mass is 9.61. The van der Waals surface area contributed by atoms with E-state index in [1.807, 2.05) is 6.07 Å². The van der Waals surface area contributed by atoms with Crippen molar-refractivity contribution in [3.63, 3.8) is 0 Å². The SMILES string of the molecule is C[C@@]12C3=C(OC[C@@H]3C=C[C@@H]1[Si](C)(C)C)C(=O)c1c2ccc2c1CCC2=O. The number of carbonyl (C=O) groups excluding carboxylic acids is 2. The third-order valence-corrected chi connectivity index (χ3v) is 9.52. The van der Waals surface area contributed by atoms with Gasteiger partial charge in [0.2, 0.25) is 5.78 Å². The molecule has 0 radical (unpaired) electrons. The lowest BCUT2D eigenvalue weighted by Gasteiger charge is -2.49. The van der Waals surface area contributed by atoms with Crippen molar-refractivity contribution in [3.05, 3.63) is 57.9 Å². The number of ketones is 2. The van der Waals surface area contributed by atoms with Crippen LogP contribution in [0.1, 0.15) is 45.2 Å². The molecule has 4 heteroatoms. The molecular weight excluding hydrogens is 340 g/mol. The first-order chi connectivity index (χ1) is 12.2. The Morgan fingerprint density at radius 1 is 1.12 bits per heavy atom. The van der Waals surface area contributed by atoms with Gasteiger partial charge in [-0.1, -0.05) is 50.8 Å². The number of carbonyl (C=O) groups is 2. The van der Waals surface area contributed by atoms with Gasteiger partial charge in [0.15, 0.2) is 11.5 Å². The highest BCUT2D eigenvalue weighted by atomic mass is 28.3. The van der Waals surface area contributed by atoms with E-state index in [4.69, 9.17) is 4.74 Å². The molecule has 134 valence electrons. The summed E-state index contributed by atoms with van der Waals surface area (Å²) in [6.07, 6.45) is 5.86. The van der Waals surface area contributed by atoms with E-state index in [0.717, 1.165) is 22.3 Å². The van der Waals surface area contributed by atoms with Gasteiger partial charge < -0.3 is 4.74 Å². The van der Waals surface area contributed by atoms with E-state index in [0.29, 0.717) is 30.7 Å². The molecule has 0 unspecified atom stereocenters. The van der Waals surface area contributed by atoms with Gasteiger partial charge in [0.25, 0.3) is 0 Å². The molecule has 1 aromatic rings. The molecule has 0 spiro atoms. The molecule has 0 bridgehead atoms. The summed E-state index contributed by atoms with van der Waals surface area (Å²) in [5.41, 5.74) is 4.99. The fraction of sp³-hybridized carbons (Fsp3) is 0.455. The average molecular weight is 365 g/mol. The molecule has 0 aromatic heterocycles. The molecule has 1 aromatic carbocycles. The monoisotopic (exact) mass is 364 g/mol. The lowest BCUT2D eigenvalue weighted by molar-refractivity contribution is 0.0929. The van der Waals surface area contributed by atoms with Crippen LogP contribution in [0.2, 0.25) is 25.2 Å². The van der Waals surface area contributed by atoms with Gasteiger partial charge in [0.05, 0.1) is 14.7 Å². The Bertz CT molecular complexity index is 947. The molecule has 3 aliphatic carbocycles. The van der Waals surface area contributed by atoms with Crippen LogP contribution in [0.5, 0.6) is 0 Å². The Morgan fingerprint density at radius 2 is 1.88 bits per heavy atom. The summed E-state index contributed by atoms with van der Waals surface area (Å²) in [4.78, 5) is 25.6. The second kappa shape index (κ2) is 4.86. The Labute approximate surface area is 155 Å². The number of fused-ring (bicyclic) bond motifs is 4. The van der Waals surface area contributed by atoms with Crippen molar-refractivity contribution in [2.24, 2.45) is 5.92 Å². The summed E-state index contributed by atoms with van der Waals surface area (Å²) >= 11 is 0. The molecule has 5 rings (SSSR count). The fourth-order valence-corrected chi connectivity index (χ4v) is 8.61. The Balaban J connectivity index is 1.86. The number of hydrogen-bond donors (Lipinski definition) is 0. The first kappa shape index (κ1) is 16.2. The molecule has 0 saturated carbocycles. The zero-order valence-electron chi connectivity index (χ0n) is 15.8. The van der Waals surface area contributed by atoms with Gasteiger partial charge in [-0.05, 0) is 28.7 Å². The summed E-state index contributed by atoms with van der Waals surface area (Å²) in [6, 6.07) is 4.04. The number of rotatable bonds is 1. The Kier molecular flexibility index (Phi) is 3.04. The van der Waals surface area contributed by atoms with Crippen molar-refractivity contribution < 1.29 is 14.3 Å². The summed E-state index contributed by atoms with van der Waals surface area (Å²) < 4.78 is 5.96. The number of Topliss-reactive ketones (excluding diaryl/α,β-unsaturated/α-hetero) is 2. The van der Waals surface area contributed by atoms with Gasteiger partial charge in [-0.15, -0.1) is 0 Å². The van der Waals surface area contributed by atoms with Gasteiger partial charge >= 0.3 is 0 Å². The number of allylic oxidation sites excluding steroid dienone is 2. The summed E-state index contributed by atoms with van der Waals surface area (Å²) in [7, 11) is -1.55. The second-order valence-electron chi connectivity index (χ2n) is 9.36. The van der Waals surface area contributed by atoms with Crippen molar-refractivity contribution in [3.8, 4) is 0 Å². The molecular formula is C22H24O3Si. The highest BCUT2D eigenvalue weighted by molar-refractivity contribution is 6.78. The first-order valence-electron chi connectivity index (χ1n) is 9.54. The summed E-state index contributed by atoms with van der Waals surface area (Å²) in [5, 5.41) is 0. The Morgan fingerprint density at radius 3 is 2.62 bits per heavy atom. The highest BCUT2D eigenvalue weighted by Crippen LogP contribution is 2.60. The topological polar surface area (TPSA) is 43.4 Å². The number of hydrogen-bond acceptors (Lipinski definition) is 3. The molecule has 1 aliphatic heterocycles. The minimum absolute atomic E-state index is 0.00570. The van der Waals surface area contributed by atoms with Crippen LogP contribution >= 0.6 is 0 Å². The molecule has 0 saturated heterocycles. The number of benzene rings is 1. The molecule has 3 nitrogen and oxygen atoms in total. The molecule has 4 aliphatic rings. The molecule has 26 heavy (non-hydrogen) atoms. The van der Waals surface area contributed by atoms with Crippen LogP contribution < -0.4 is 0 Å². The minimum atomic E-state index is -1.55. The minimum Gasteiger partial charge on any atom is -0.488 e. The van der Waals surface area contributed by atoms with Crippen molar-refractivity contribution >= 4 is 19.6 Å². The van der Waals surface area contributed by atoms with E-state index in [-0.39, 0.29) is 22.9 Å².